The maximum atomic E-state index is 12.0. The number of likely N-dealkylation sites (tertiary alicyclic amines) is 1. The summed E-state index contributed by atoms with van der Waals surface area (Å²) >= 11 is 1.25. The Morgan fingerprint density at radius 3 is 2.62 bits per heavy atom. The van der Waals surface area contributed by atoms with Gasteiger partial charge < -0.3 is 20.1 Å². The zero-order valence-corrected chi connectivity index (χ0v) is 15.3. The Morgan fingerprint density at radius 1 is 1.38 bits per heavy atom. The molecule has 0 bridgehead atoms. The highest BCUT2D eigenvalue weighted by Crippen LogP contribution is 2.20. The van der Waals surface area contributed by atoms with Crippen molar-refractivity contribution in [1.29, 1.82) is 0 Å². The number of nitrogens with one attached hydrogen (secondary N) is 1. The van der Waals surface area contributed by atoms with Gasteiger partial charge in [-0.05, 0) is 63.1 Å². The normalized spacial score (nSPS) is 16.2. The first-order chi connectivity index (χ1) is 11.3. The maximum Gasteiger partial charge on any atom is 0.410 e. The number of amides is 1. The summed E-state index contributed by atoms with van der Waals surface area (Å²) in [5, 5.41) is 14.2. The van der Waals surface area contributed by atoms with Gasteiger partial charge in [0.25, 0.3) is 0 Å². The van der Waals surface area contributed by atoms with E-state index in [-0.39, 0.29) is 6.09 Å². The molecule has 1 fully saturated rings. The second-order valence-electron chi connectivity index (χ2n) is 7.12. The first-order valence-electron chi connectivity index (χ1n) is 8.24. The lowest BCUT2D eigenvalue weighted by molar-refractivity contribution is 0.0184. The molecule has 7 heteroatoms. The molecule has 134 valence electrons. The minimum Gasteiger partial charge on any atom is -0.477 e. The third-order valence-corrected chi connectivity index (χ3v) is 4.90. The fourth-order valence-electron chi connectivity index (χ4n) is 2.72. The Morgan fingerprint density at radius 2 is 2.04 bits per heavy atom. The van der Waals surface area contributed by atoms with Crippen molar-refractivity contribution < 1.29 is 19.4 Å². The highest BCUT2D eigenvalue weighted by atomic mass is 32.1. The fourth-order valence-corrected chi connectivity index (χ4v) is 3.48. The number of piperidine rings is 1. The van der Waals surface area contributed by atoms with Gasteiger partial charge in [-0.15, -0.1) is 11.3 Å². The van der Waals surface area contributed by atoms with E-state index in [4.69, 9.17) is 9.84 Å². The molecule has 0 aliphatic carbocycles. The summed E-state index contributed by atoms with van der Waals surface area (Å²) < 4.78 is 5.40. The Labute approximate surface area is 146 Å². The predicted octanol–water partition coefficient (Wildman–Crippen LogP) is 3.18. The number of carboxylic acid groups (broad SMARTS) is 1. The highest BCUT2D eigenvalue weighted by molar-refractivity contribution is 7.12. The summed E-state index contributed by atoms with van der Waals surface area (Å²) in [7, 11) is 0. The Hall–Kier alpha value is -1.60. The summed E-state index contributed by atoms with van der Waals surface area (Å²) in [6.45, 7) is 8.43. The topological polar surface area (TPSA) is 78.9 Å². The number of hydrogen-bond donors (Lipinski definition) is 2. The van der Waals surface area contributed by atoms with Crippen molar-refractivity contribution in [2.24, 2.45) is 5.92 Å². The van der Waals surface area contributed by atoms with Gasteiger partial charge in [0.15, 0.2) is 0 Å². The van der Waals surface area contributed by atoms with E-state index in [0.717, 1.165) is 24.9 Å². The number of carbonyl (C=O) groups excluding carboxylic acids is 1. The smallest absolute Gasteiger partial charge is 0.410 e. The lowest BCUT2D eigenvalue weighted by atomic mass is 9.97. The van der Waals surface area contributed by atoms with Crippen molar-refractivity contribution in [2.45, 2.75) is 45.8 Å². The van der Waals surface area contributed by atoms with Crippen LogP contribution < -0.4 is 5.32 Å². The quantitative estimate of drug-likeness (QED) is 0.849. The van der Waals surface area contributed by atoms with Gasteiger partial charge in [0.1, 0.15) is 10.5 Å². The minimum atomic E-state index is -0.868. The molecular weight excluding hydrogens is 328 g/mol. The Bertz CT molecular complexity index is 571. The van der Waals surface area contributed by atoms with Crippen LogP contribution in [0.25, 0.3) is 0 Å². The van der Waals surface area contributed by atoms with Crippen LogP contribution in [0.3, 0.4) is 0 Å². The molecule has 0 saturated carbocycles. The van der Waals surface area contributed by atoms with E-state index in [9.17, 15) is 9.59 Å². The van der Waals surface area contributed by atoms with Crippen molar-refractivity contribution in [2.75, 3.05) is 19.6 Å². The zero-order valence-electron chi connectivity index (χ0n) is 14.5. The summed E-state index contributed by atoms with van der Waals surface area (Å²) in [4.78, 5) is 25.3. The van der Waals surface area contributed by atoms with Gasteiger partial charge in [-0.3, -0.25) is 0 Å². The molecule has 24 heavy (non-hydrogen) atoms. The minimum absolute atomic E-state index is 0.238. The molecule has 1 aliphatic rings. The second kappa shape index (κ2) is 7.98. The van der Waals surface area contributed by atoms with Crippen molar-refractivity contribution in [1.82, 2.24) is 10.2 Å². The zero-order chi connectivity index (χ0) is 17.7. The summed E-state index contributed by atoms with van der Waals surface area (Å²) in [6, 6.07) is 1.85. The van der Waals surface area contributed by atoms with E-state index in [1.54, 1.807) is 10.3 Å². The van der Waals surface area contributed by atoms with E-state index < -0.39 is 11.6 Å². The largest absolute Gasteiger partial charge is 0.477 e. The lowest BCUT2D eigenvalue weighted by Gasteiger charge is -2.33. The van der Waals surface area contributed by atoms with E-state index in [1.807, 2.05) is 26.8 Å². The van der Waals surface area contributed by atoms with Gasteiger partial charge in [0, 0.05) is 19.6 Å². The van der Waals surface area contributed by atoms with Gasteiger partial charge in [0.05, 0.1) is 0 Å². The molecule has 1 amide bonds. The number of carboxylic acids is 1. The molecule has 6 nitrogen and oxygen atoms in total. The van der Waals surface area contributed by atoms with Crippen LogP contribution >= 0.6 is 11.3 Å². The molecule has 1 aliphatic heterocycles. The molecule has 0 radical (unpaired) electrons. The number of carbonyl (C=O) groups is 2. The molecule has 1 aromatic rings. The summed E-state index contributed by atoms with van der Waals surface area (Å²) in [5.74, 6) is -0.372. The van der Waals surface area contributed by atoms with Gasteiger partial charge >= 0.3 is 12.1 Å². The first kappa shape index (κ1) is 18.7. The summed E-state index contributed by atoms with van der Waals surface area (Å²) in [5.41, 5.74) is 0.372. The Kier molecular flexibility index (Phi) is 6.23. The standard InChI is InChI=1S/C17H26N2O4S/c1-17(2,3)23-16(22)19-7-4-12(5-8-19)10-18-11-13-6-9-24-14(13)15(20)21/h6,9,12,18H,4-5,7-8,10-11H2,1-3H3,(H,20,21). The van der Waals surface area contributed by atoms with Crippen LogP contribution in [0, 0.1) is 5.92 Å². The number of aromatic carboxylic acids is 1. The SMILES string of the molecule is CC(C)(C)OC(=O)N1CCC(CNCc2ccsc2C(=O)O)CC1. The molecule has 1 saturated heterocycles. The molecule has 2 N–H and O–H groups in total. The number of rotatable bonds is 5. The van der Waals surface area contributed by atoms with Crippen LogP contribution in [0.1, 0.15) is 48.8 Å². The summed E-state index contributed by atoms with van der Waals surface area (Å²) in [6.07, 6.45) is 1.63. The third kappa shape index (κ3) is 5.49. The van der Waals surface area contributed by atoms with Gasteiger partial charge in [-0.1, -0.05) is 0 Å². The number of thiophene rings is 1. The van der Waals surface area contributed by atoms with Crippen LogP contribution in [0.4, 0.5) is 4.79 Å². The third-order valence-electron chi connectivity index (χ3n) is 3.96. The van der Waals surface area contributed by atoms with Crippen molar-refractivity contribution >= 4 is 23.4 Å². The van der Waals surface area contributed by atoms with Crippen LogP contribution in [-0.2, 0) is 11.3 Å². The van der Waals surface area contributed by atoms with Crippen molar-refractivity contribution in [3.8, 4) is 0 Å². The van der Waals surface area contributed by atoms with Gasteiger partial charge in [0.2, 0.25) is 0 Å². The molecule has 0 unspecified atom stereocenters. The van der Waals surface area contributed by atoms with E-state index in [0.29, 0.717) is 30.4 Å². The number of nitrogens with zero attached hydrogens (tertiary/aromatic N) is 1. The average Bonchev–Trinajstić information content (AvgIpc) is 2.95. The van der Waals surface area contributed by atoms with Crippen LogP contribution in [0.2, 0.25) is 0 Å². The monoisotopic (exact) mass is 354 g/mol. The number of ether oxygens (including phenoxy) is 1. The lowest BCUT2D eigenvalue weighted by Crippen LogP contribution is -2.43. The predicted molar refractivity (Wildman–Crippen MR) is 93.5 cm³/mol. The maximum absolute atomic E-state index is 12.0. The molecule has 2 rings (SSSR count). The first-order valence-corrected chi connectivity index (χ1v) is 9.12. The van der Waals surface area contributed by atoms with Crippen LogP contribution in [-0.4, -0.2) is 47.3 Å². The van der Waals surface area contributed by atoms with Crippen molar-refractivity contribution in [3.05, 3.63) is 21.9 Å². The van der Waals surface area contributed by atoms with E-state index in [2.05, 4.69) is 5.32 Å². The number of hydrogen-bond acceptors (Lipinski definition) is 5. The molecular formula is C17H26N2O4S. The highest BCUT2D eigenvalue weighted by Gasteiger charge is 2.26. The van der Waals surface area contributed by atoms with E-state index in [1.165, 1.54) is 11.3 Å². The van der Waals surface area contributed by atoms with Crippen molar-refractivity contribution in [3.63, 3.8) is 0 Å². The molecule has 0 aromatic carbocycles. The van der Waals surface area contributed by atoms with Crippen LogP contribution in [0.5, 0.6) is 0 Å². The molecule has 0 spiro atoms. The Balaban J connectivity index is 1.71. The van der Waals surface area contributed by atoms with Gasteiger partial charge in [-0.25, -0.2) is 9.59 Å². The van der Waals surface area contributed by atoms with Gasteiger partial charge in [-0.2, -0.15) is 0 Å². The molecule has 1 aromatic heterocycles. The molecule has 0 atom stereocenters. The average molecular weight is 354 g/mol. The second-order valence-corrected chi connectivity index (χ2v) is 8.04. The van der Waals surface area contributed by atoms with E-state index >= 15 is 0 Å². The fraction of sp³-hybridized carbons (Fsp3) is 0.647. The van der Waals surface area contributed by atoms with Crippen LogP contribution in [0.15, 0.2) is 11.4 Å². The molecule has 2 heterocycles.